The summed E-state index contributed by atoms with van der Waals surface area (Å²) in [5, 5.41) is 2.86. The van der Waals surface area contributed by atoms with Gasteiger partial charge >= 0.3 is 6.09 Å². The molecule has 1 heterocycles. The molecule has 1 saturated heterocycles. The predicted octanol–water partition coefficient (Wildman–Crippen LogP) is 3.16. The molecule has 2 atom stereocenters. The zero-order valence-electron chi connectivity index (χ0n) is 15.1. The van der Waals surface area contributed by atoms with E-state index >= 15 is 0 Å². The number of carbonyl (C=O) groups is 2. The largest absolute Gasteiger partial charge is 0.444 e. The van der Waals surface area contributed by atoms with Gasteiger partial charge in [-0.2, -0.15) is 0 Å². The van der Waals surface area contributed by atoms with Gasteiger partial charge in [-0.15, -0.1) is 0 Å². The Bertz CT molecular complexity index is 637. The highest BCUT2D eigenvalue weighted by Gasteiger charge is 2.41. The molecular weight excluding hydrogens is 306 g/mol. The first kappa shape index (κ1) is 18.1. The minimum absolute atomic E-state index is 0.0588. The number of hydrogen-bond donors (Lipinski definition) is 2. The molecule has 1 aromatic rings. The lowest BCUT2D eigenvalue weighted by Gasteiger charge is -2.29. The van der Waals surface area contributed by atoms with E-state index in [1.54, 1.807) is 6.07 Å². The fourth-order valence-corrected chi connectivity index (χ4v) is 2.87. The number of benzene rings is 1. The molecule has 6 nitrogen and oxygen atoms in total. The Kier molecular flexibility index (Phi) is 5.06. The number of nitrogens with zero attached hydrogens (tertiary/aromatic N) is 1. The van der Waals surface area contributed by atoms with E-state index < -0.39 is 17.7 Å². The molecule has 0 radical (unpaired) electrons. The Morgan fingerprint density at radius 3 is 2.62 bits per heavy atom. The molecule has 2 amide bonds. The van der Waals surface area contributed by atoms with Gasteiger partial charge in [0.15, 0.2) is 0 Å². The lowest BCUT2D eigenvalue weighted by atomic mass is 10.0. The average molecular weight is 333 g/mol. The van der Waals surface area contributed by atoms with Gasteiger partial charge in [0.05, 0.1) is 11.4 Å². The Hall–Kier alpha value is -2.24. The quantitative estimate of drug-likeness (QED) is 0.814. The Labute approximate surface area is 143 Å². The number of para-hydroxylation sites is 1. The zero-order valence-corrected chi connectivity index (χ0v) is 15.1. The van der Waals surface area contributed by atoms with Gasteiger partial charge in [-0.05, 0) is 51.7 Å². The van der Waals surface area contributed by atoms with Crippen molar-refractivity contribution in [2.75, 3.05) is 17.6 Å². The Morgan fingerprint density at radius 2 is 2.00 bits per heavy atom. The second kappa shape index (κ2) is 6.71. The monoisotopic (exact) mass is 333 g/mol. The van der Waals surface area contributed by atoms with Crippen molar-refractivity contribution in [1.29, 1.82) is 0 Å². The van der Waals surface area contributed by atoms with Crippen LogP contribution in [0.15, 0.2) is 18.2 Å². The van der Waals surface area contributed by atoms with Crippen molar-refractivity contribution >= 4 is 23.4 Å². The summed E-state index contributed by atoms with van der Waals surface area (Å²) >= 11 is 0. The van der Waals surface area contributed by atoms with Gasteiger partial charge in [0.2, 0.25) is 5.91 Å². The van der Waals surface area contributed by atoms with Crippen molar-refractivity contribution in [2.45, 2.75) is 52.7 Å². The molecule has 24 heavy (non-hydrogen) atoms. The highest BCUT2D eigenvalue weighted by Crippen LogP contribution is 2.28. The maximum atomic E-state index is 12.8. The Morgan fingerprint density at radius 1 is 1.33 bits per heavy atom. The molecule has 0 bridgehead atoms. The van der Waals surface area contributed by atoms with Gasteiger partial charge in [-0.3, -0.25) is 9.69 Å². The lowest BCUT2D eigenvalue weighted by Crippen LogP contribution is -2.47. The molecule has 0 spiro atoms. The summed E-state index contributed by atoms with van der Waals surface area (Å²) in [5.41, 5.74) is 7.44. The van der Waals surface area contributed by atoms with Crippen LogP contribution in [0.5, 0.6) is 0 Å². The molecule has 1 aliphatic rings. The van der Waals surface area contributed by atoms with Crippen molar-refractivity contribution in [2.24, 2.45) is 5.92 Å². The molecule has 1 aliphatic heterocycles. The van der Waals surface area contributed by atoms with Gasteiger partial charge < -0.3 is 15.8 Å². The third-order valence-corrected chi connectivity index (χ3v) is 4.18. The van der Waals surface area contributed by atoms with Gasteiger partial charge in [-0.1, -0.05) is 19.1 Å². The minimum Gasteiger partial charge on any atom is -0.444 e. The topological polar surface area (TPSA) is 84.7 Å². The number of nitrogens with two attached hydrogens (primary N) is 1. The van der Waals surface area contributed by atoms with Crippen LogP contribution in [0.2, 0.25) is 0 Å². The molecule has 6 heteroatoms. The van der Waals surface area contributed by atoms with E-state index in [2.05, 4.69) is 5.32 Å². The third kappa shape index (κ3) is 3.99. The first-order chi connectivity index (χ1) is 11.1. The molecule has 0 aromatic heterocycles. The first-order valence-corrected chi connectivity index (χ1v) is 8.25. The summed E-state index contributed by atoms with van der Waals surface area (Å²) in [6.07, 6.45) is 0.310. The SMILES string of the molecule is Cc1cccc(NC(=O)[C@@H]2[C@@H](C)CCN2C(=O)OC(C)(C)C)c1N. The number of ether oxygens (including phenoxy) is 1. The minimum atomic E-state index is -0.592. The number of amides is 2. The van der Waals surface area contributed by atoms with Crippen LogP contribution in [0.4, 0.5) is 16.2 Å². The number of rotatable bonds is 2. The second-order valence-electron chi connectivity index (χ2n) is 7.41. The molecule has 1 fully saturated rings. The molecule has 0 unspecified atom stereocenters. The molecule has 1 aromatic carbocycles. The molecule has 2 rings (SSSR count). The number of aryl methyl sites for hydroxylation is 1. The van der Waals surface area contributed by atoms with E-state index in [0.717, 1.165) is 12.0 Å². The Balaban J connectivity index is 2.16. The number of nitrogen functional groups attached to an aromatic ring is 1. The predicted molar refractivity (Wildman–Crippen MR) is 94.7 cm³/mol. The number of carbonyl (C=O) groups excluding carboxylic acids is 2. The van der Waals surface area contributed by atoms with E-state index in [0.29, 0.717) is 17.9 Å². The van der Waals surface area contributed by atoms with Crippen molar-refractivity contribution in [3.8, 4) is 0 Å². The van der Waals surface area contributed by atoms with Crippen molar-refractivity contribution < 1.29 is 14.3 Å². The van der Waals surface area contributed by atoms with Crippen LogP contribution in [0.1, 0.15) is 39.7 Å². The van der Waals surface area contributed by atoms with Crippen molar-refractivity contribution in [3.63, 3.8) is 0 Å². The van der Waals surface area contributed by atoms with Gasteiger partial charge in [0.1, 0.15) is 11.6 Å². The number of anilines is 2. The smallest absolute Gasteiger partial charge is 0.410 e. The summed E-state index contributed by atoms with van der Waals surface area (Å²) in [6, 6.07) is 4.93. The van der Waals surface area contributed by atoms with E-state index in [4.69, 9.17) is 10.5 Å². The van der Waals surface area contributed by atoms with Gasteiger partial charge in [-0.25, -0.2) is 4.79 Å². The molecule has 0 saturated carbocycles. The highest BCUT2D eigenvalue weighted by atomic mass is 16.6. The molecule has 132 valence electrons. The van der Waals surface area contributed by atoms with E-state index in [1.165, 1.54) is 4.90 Å². The summed E-state index contributed by atoms with van der Waals surface area (Å²) in [5.74, 6) is -0.174. The third-order valence-electron chi connectivity index (χ3n) is 4.18. The van der Waals surface area contributed by atoms with Crippen LogP contribution in [-0.4, -0.2) is 35.1 Å². The summed E-state index contributed by atoms with van der Waals surface area (Å²) in [6.45, 7) is 9.80. The lowest BCUT2D eigenvalue weighted by molar-refractivity contribution is -0.121. The van der Waals surface area contributed by atoms with Crippen LogP contribution < -0.4 is 11.1 Å². The van der Waals surface area contributed by atoms with Crippen LogP contribution in [0.3, 0.4) is 0 Å². The van der Waals surface area contributed by atoms with Crippen molar-refractivity contribution in [3.05, 3.63) is 23.8 Å². The van der Waals surface area contributed by atoms with E-state index in [1.807, 2.05) is 46.8 Å². The van der Waals surface area contributed by atoms with E-state index in [9.17, 15) is 9.59 Å². The van der Waals surface area contributed by atoms with Gasteiger partial charge in [0, 0.05) is 6.54 Å². The van der Waals surface area contributed by atoms with E-state index in [-0.39, 0.29) is 11.8 Å². The molecule has 0 aliphatic carbocycles. The summed E-state index contributed by atoms with van der Waals surface area (Å²) < 4.78 is 5.43. The van der Waals surface area contributed by atoms with Crippen molar-refractivity contribution in [1.82, 2.24) is 4.90 Å². The number of hydrogen-bond acceptors (Lipinski definition) is 4. The average Bonchev–Trinajstić information content (AvgIpc) is 2.84. The highest BCUT2D eigenvalue weighted by molar-refractivity contribution is 5.99. The fourth-order valence-electron chi connectivity index (χ4n) is 2.87. The normalized spacial score (nSPS) is 20.8. The van der Waals surface area contributed by atoms with Crippen LogP contribution >= 0.6 is 0 Å². The summed E-state index contributed by atoms with van der Waals surface area (Å²) in [4.78, 5) is 26.7. The number of nitrogens with one attached hydrogen (secondary N) is 1. The second-order valence-corrected chi connectivity index (χ2v) is 7.41. The number of likely N-dealkylation sites (tertiary alicyclic amines) is 1. The molecule has 3 N–H and O–H groups in total. The first-order valence-electron chi connectivity index (χ1n) is 8.25. The molecular formula is C18H27N3O3. The zero-order chi connectivity index (χ0) is 18.1. The van der Waals surface area contributed by atoms with Crippen LogP contribution in [-0.2, 0) is 9.53 Å². The van der Waals surface area contributed by atoms with Crippen LogP contribution in [0.25, 0.3) is 0 Å². The van der Waals surface area contributed by atoms with Gasteiger partial charge in [0.25, 0.3) is 0 Å². The maximum absolute atomic E-state index is 12.8. The standard InChI is InChI=1S/C18H27N3O3/c1-11-7-6-8-13(14(11)19)20-16(22)15-12(2)9-10-21(15)17(23)24-18(3,4)5/h6-8,12,15H,9-10,19H2,1-5H3,(H,20,22)/t12-,15-/m0/s1. The van der Waals surface area contributed by atoms with Crippen LogP contribution in [0, 0.1) is 12.8 Å². The fraction of sp³-hybridized carbons (Fsp3) is 0.556. The summed E-state index contributed by atoms with van der Waals surface area (Å²) in [7, 11) is 0. The maximum Gasteiger partial charge on any atom is 0.410 e.